The lowest BCUT2D eigenvalue weighted by atomic mass is 10.4. The van der Waals surface area contributed by atoms with Crippen molar-refractivity contribution in [3.8, 4) is 0 Å². The van der Waals surface area contributed by atoms with Gasteiger partial charge in [0.05, 0.1) is 15.6 Å². The molecule has 3 heteroatoms. The van der Waals surface area contributed by atoms with Crippen LogP contribution in [-0.2, 0) is 9.83 Å². The highest BCUT2D eigenvalue weighted by Crippen LogP contribution is 2.15. The van der Waals surface area contributed by atoms with Crippen molar-refractivity contribution < 1.29 is 4.21 Å². The van der Waals surface area contributed by atoms with Gasteiger partial charge in [0.1, 0.15) is 0 Å². The molecule has 1 atom stereocenters. The van der Waals surface area contributed by atoms with E-state index in [1.807, 2.05) is 47.9 Å². The van der Waals surface area contributed by atoms with Crippen molar-refractivity contribution in [3.05, 3.63) is 47.9 Å². The molecule has 1 nitrogen and oxygen atoms in total. The molecule has 0 saturated heterocycles. The van der Waals surface area contributed by atoms with Crippen molar-refractivity contribution in [1.29, 1.82) is 0 Å². The molecule has 1 aliphatic heterocycles. The summed E-state index contributed by atoms with van der Waals surface area (Å²) < 4.78 is 10.3. The zero-order valence-corrected chi connectivity index (χ0v) is 8.18. The number of hydrogen-bond donors (Lipinski definition) is 0. The smallest absolute Gasteiger partial charge is 0.0885 e. The van der Waals surface area contributed by atoms with Crippen LogP contribution in [0.4, 0.5) is 0 Å². The van der Waals surface area contributed by atoms with E-state index in [2.05, 4.69) is 0 Å². The van der Waals surface area contributed by atoms with Gasteiger partial charge in [0.2, 0.25) is 0 Å². The van der Waals surface area contributed by atoms with Crippen molar-refractivity contribution in [2.45, 2.75) is 0 Å². The van der Waals surface area contributed by atoms with Crippen LogP contribution >= 0.6 is 10.8 Å². The normalized spacial score (nSPS) is 19.8. The monoisotopic (exact) mass is 198 g/mol. The molecule has 0 fully saturated rings. The van der Waals surface area contributed by atoms with Crippen LogP contribution in [0.1, 0.15) is 0 Å². The van der Waals surface area contributed by atoms with Crippen molar-refractivity contribution in [3.63, 3.8) is 0 Å². The zero-order valence-electron chi connectivity index (χ0n) is 6.55. The molecule has 0 spiro atoms. The Hall–Kier alpha value is -0.540. The van der Waals surface area contributed by atoms with E-state index in [-0.39, 0.29) is 0 Å². The highest BCUT2D eigenvalue weighted by molar-refractivity contribution is 8.70. The molecule has 0 aromatic heterocycles. The van der Waals surface area contributed by atoms with Gasteiger partial charge in [-0.2, -0.15) is 0 Å². The lowest BCUT2D eigenvalue weighted by Gasteiger charge is -1.74. The van der Waals surface area contributed by atoms with Crippen LogP contribution in [0.25, 0.3) is 0 Å². The van der Waals surface area contributed by atoms with Crippen molar-refractivity contribution in [2.24, 2.45) is 0 Å². The number of benzene rings is 1. The fourth-order valence-electron chi connectivity index (χ4n) is 0.643. The molecule has 0 bridgehead atoms. The Morgan fingerprint density at radius 1 is 1.00 bits per heavy atom. The number of rotatable bonds is 0. The maximum absolute atomic E-state index is 10.3. The zero-order chi connectivity index (χ0) is 8.65. The minimum Gasteiger partial charge on any atom is -0.247 e. The van der Waals surface area contributed by atoms with Crippen LogP contribution in [0.3, 0.4) is 0 Å². The highest BCUT2D eigenvalue weighted by atomic mass is 33.1. The molecule has 2 rings (SSSR count). The Morgan fingerprint density at radius 3 is 1.67 bits per heavy atom. The second-order valence-corrected chi connectivity index (χ2v) is 5.19. The third-order valence-electron chi connectivity index (χ3n) is 1.16. The summed E-state index contributed by atoms with van der Waals surface area (Å²) in [7, 11) is 0.772. The Balaban J connectivity index is 0.000000120. The molecule has 0 aliphatic carbocycles. The fourth-order valence-corrected chi connectivity index (χ4v) is 2.47. The third-order valence-corrected chi connectivity index (χ3v) is 3.53. The van der Waals surface area contributed by atoms with Gasteiger partial charge in [-0.25, -0.2) is 4.21 Å². The summed E-state index contributed by atoms with van der Waals surface area (Å²) in [5.41, 5.74) is 0. The summed E-state index contributed by atoms with van der Waals surface area (Å²) in [6.07, 6.45) is 1.92. The maximum atomic E-state index is 10.3. The van der Waals surface area contributed by atoms with Gasteiger partial charge in [0, 0.05) is 0 Å². The van der Waals surface area contributed by atoms with Gasteiger partial charge in [-0.15, -0.1) is 0 Å². The fraction of sp³-hybridized carbons (Fsp3) is 0.111. The molecule has 1 aliphatic rings. The Labute approximate surface area is 78.7 Å². The summed E-state index contributed by atoms with van der Waals surface area (Å²) in [5, 5.41) is 1.87. The molecule has 0 N–H and O–H groups in total. The Kier molecular flexibility index (Phi) is 4.80. The summed E-state index contributed by atoms with van der Waals surface area (Å²) in [4.78, 5) is 0. The minimum absolute atomic E-state index is 0.617. The van der Waals surface area contributed by atoms with Crippen LogP contribution < -0.4 is 0 Å². The summed E-state index contributed by atoms with van der Waals surface area (Å²) in [6.45, 7) is 0. The molecular formula is C9H10OS2. The lowest BCUT2D eigenvalue weighted by Crippen LogP contribution is -1.75. The van der Waals surface area contributed by atoms with Crippen LogP contribution in [0, 0.1) is 0 Å². The maximum Gasteiger partial charge on any atom is 0.0885 e. The first-order valence-corrected chi connectivity index (χ1v) is 6.31. The van der Waals surface area contributed by atoms with Crippen LogP contribution in [0.15, 0.2) is 47.9 Å². The molecule has 12 heavy (non-hydrogen) atoms. The van der Waals surface area contributed by atoms with Gasteiger partial charge in [-0.3, -0.25) is 0 Å². The van der Waals surface area contributed by atoms with E-state index < -0.39 is 9.83 Å². The van der Waals surface area contributed by atoms with E-state index >= 15 is 0 Å². The van der Waals surface area contributed by atoms with Gasteiger partial charge in [0.15, 0.2) is 0 Å². The molecule has 0 amide bonds. The van der Waals surface area contributed by atoms with Gasteiger partial charge >= 0.3 is 0 Å². The lowest BCUT2D eigenvalue weighted by molar-refractivity contribution is 0.693. The van der Waals surface area contributed by atoms with Crippen molar-refractivity contribution in [2.75, 3.05) is 5.75 Å². The van der Waals surface area contributed by atoms with Gasteiger partial charge in [0.25, 0.3) is 0 Å². The first-order valence-electron chi connectivity index (χ1n) is 3.60. The molecule has 1 aromatic carbocycles. The average Bonchev–Trinajstić information content (AvgIpc) is 2.60. The largest absolute Gasteiger partial charge is 0.247 e. The molecule has 0 saturated carbocycles. The Morgan fingerprint density at radius 2 is 1.50 bits per heavy atom. The first-order chi connectivity index (χ1) is 5.89. The van der Waals surface area contributed by atoms with E-state index in [1.165, 1.54) is 10.8 Å². The number of hydrogen-bond acceptors (Lipinski definition) is 2. The van der Waals surface area contributed by atoms with Gasteiger partial charge in [-0.1, -0.05) is 42.5 Å². The molecule has 1 heterocycles. The van der Waals surface area contributed by atoms with Crippen molar-refractivity contribution in [1.82, 2.24) is 0 Å². The second-order valence-electron chi connectivity index (χ2n) is 2.09. The Bertz CT molecular complexity index is 220. The summed E-state index contributed by atoms with van der Waals surface area (Å²) >= 11 is 0. The van der Waals surface area contributed by atoms with Gasteiger partial charge < -0.3 is 0 Å². The van der Waals surface area contributed by atoms with Gasteiger partial charge in [-0.05, 0) is 16.2 Å². The van der Waals surface area contributed by atoms with E-state index in [4.69, 9.17) is 0 Å². The van der Waals surface area contributed by atoms with E-state index in [1.54, 1.807) is 0 Å². The quantitative estimate of drug-likeness (QED) is 0.596. The minimum atomic E-state index is -0.617. The summed E-state index contributed by atoms with van der Waals surface area (Å²) in [5.74, 6) is 0.741. The van der Waals surface area contributed by atoms with E-state index in [9.17, 15) is 4.21 Å². The topological polar surface area (TPSA) is 17.1 Å². The predicted molar refractivity (Wildman–Crippen MR) is 56.2 cm³/mol. The first kappa shape index (κ1) is 9.55. The van der Waals surface area contributed by atoms with E-state index in [0.29, 0.717) is 0 Å². The third kappa shape index (κ3) is 4.36. The predicted octanol–water partition coefficient (Wildman–Crippen LogP) is 2.60. The second kappa shape index (κ2) is 6.03. The van der Waals surface area contributed by atoms with Crippen molar-refractivity contribution >= 4 is 20.6 Å². The molecular weight excluding hydrogens is 188 g/mol. The van der Waals surface area contributed by atoms with Crippen LogP contribution in [-0.4, -0.2) is 9.96 Å². The molecule has 64 valence electrons. The molecule has 0 radical (unpaired) electrons. The van der Waals surface area contributed by atoms with Crippen LogP contribution in [0.5, 0.6) is 0 Å². The molecule has 1 unspecified atom stereocenters. The van der Waals surface area contributed by atoms with Crippen LogP contribution in [0.2, 0.25) is 0 Å². The average molecular weight is 198 g/mol. The molecule has 1 aromatic rings. The highest BCUT2D eigenvalue weighted by Gasteiger charge is 1.98. The van der Waals surface area contributed by atoms with E-state index in [0.717, 1.165) is 5.75 Å². The standard InChI is InChI=1S/C6H6.C3H4OS2/c1-2-4-6-5-3-1;4-6-3-1-2-5-6/h1-6H;1-2H,3H2. The SMILES string of the molecule is O=S1CC=CS1.c1ccccc1. The summed E-state index contributed by atoms with van der Waals surface area (Å²) in [6, 6.07) is 12.0.